The molecule has 20 heavy (non-hydrogen) atoms. The molecule has 8 heteroatoms. The van der Waals surface area contributed by atoms with Crippen LogP contribution in [0.5, 0.6) is 0 Å². The highest BCUT2D eigenvalue weighted by Crippen LogP contribution is 2.37. The number of anilines is 2. The van der Waals surface area contributed by atoms with Crippen molar-refractivity contribution < 1.29 is 0 Å². The lowest BCUT2D eigenvalue weighted by molar-refractivity contribution is 0.632. The minimum Gasteiger partial charge on any atom is -0.368 e. The van der Waals surface area contributed by atoms with E-state index in [1.807, 2.05) is 11.8 Å². The average molecular weight is 291 g/mol. The van der Waals surface area contributed by atoms with Crippen LogP contribution in [0.25, 0.3) is 5.95 Å². The lowest BCUT2D eigenvalue weighted by Gasteiger charge is -2.22. The van der Waals surface area contributed by atoms with Crippen LogP contribution in [0, 0.1) is 0 Å². The van der Waals surface area contributed by atoms with Crippen molar-refractivity contribution in [1.29, 1.82) is 0 Å². The maximum Gasteiger partial charge on any atom is 0.241 e. The molecule has 3 heterocycles. The standard InChI is InChI=1S/C12H17N7S/c1-12(3-2-6-20-12)7-15-10-16-9(13)17-11(18-10)19-5-4-14-8-19/h4-5,8H,2-3,6-7H2,1H3,(H3,13,15,16,17,18). The Morgan fingerprint density at radius 2 is 2.35 bits per heavy atom. The van der Waals surface area contributed by atoms with E-state index in [-0.39, 0.29) is 10.7 Å². The van der Waals surface area contributed by atoms with E-state index in [1.54, 1.807) is 23.3 Å². The molecule has 1 fully saturated rings. The first-order chi connectivity index (χ1) is 9.65. The van der Waals surface area contributed by atoms with Gasteiger partial charge in [0.15, 0.2) is 0 Å². The highest BCUT2D eigenvalue weighted by atomic mass is 32.2. The molecule has 106 valence electrons. The molecule has 0 radical (unpaired) electrons. The van der Waals surface area contributed by atoms with Gasteiger partial charge in [-0.05, 0) is 25.5 Å². The molecule has 1 unspecified atom stereocenters. The lowest BCUT2D eigenvalue weighted by Crippen LogP contribution is -2.28. The zero-order chi connectivity index (χ0) is 14.0. The molecule has 0 aromatic carbocycles. The number of hydrogen-bond donors (Lipinski definition) is 2. The molecule has 7 nitrogen and oxygen atoms in total. The van der Waals surface area contributed by atoms with Crippen LogP contribution in [0.3, 0.4) is 0 Å². The smallest absolute Gasteiger partial charge is 0.241 e. The number of thioether (sulfide) groups is 1. The summed E-state index contributed by atoms with van der Waals surface area (Å²) in [7, 11) is 0. The number of nitrogen functional groups attached to an aromatic ring is 1. The molecule has 0 aliphatic carbocycles. The Morgan fingerprint density at radius 3 is 3.05 bits per heavy atom. The molecule has 1 atom stereocenters. The molecule has 2 aromatic heterocycles. The van der Waals surface area contributed by atoms with Crippen LogP contribution in [0.15, 0.2) is 18.7 Å². The van der Waals surface area contributed by atoms with Crippen molar-refractivity contribution in [3.8, 4) is 5.95 Å². The number of aromatic nitrogens is 5. The summed E-state index contributed by atoms with van der Waals surface area (Å²) in [6.45, 7) is 3.09. The van der Waals surface area contributed by atoms with Gasteiger partial charge in [0.2, 0.25) is 17.8 Å². The zero-order valence-electron chi connectivity index (χ0n) is 11.3. The number of hydrogen-bond acceptors (Lipinski definition) is 7. The molecular weight excluding hydrogens is 274 g/mol. The fourth-order valence-electron chi connectivity index (χ4n) is 2.19. The van der Waals surface area contributed by atoms with Crippen LogP contribution in [-0.4, -0.2) is 41.5 Å². The Kier molecular flexibility index (Phi) is 3.47. The van der Waals surface area contributed by atoms with Gasteiger partial charge < -0.3 is 11.1 Å². The van der Waals surface area contributed by atoms with Gasteiger partial charge in [0, 0.05) is 23.7 Å². The second-order valence-corrected chi connectivity index (χ2v) is 6.73. The van der Waals surface area contributed by atoms with Gasteiger partial charge >= 0.3 is 0 Å². The Hall–Kier alpha value is -1.83. The second-order valence-electron chi connectivity index (χ2n) is 5.04. The largest absolute Gasteiger partial charge is 0.368 e. The van der Waals surface area contributed by atoms with E-state index in [0.29, 0.717) is 11.9 Å². The molecule has 1 aliphatic heterocycles. The van der Waals surface area contributed by atoms with Gasteiger partial charge in [-0.3, -0.25) is 4.57 Å². The van der Waals surface area contributed by atoms with E-state index in [9.17, 15) is 0 Å². The quantitative estimate of drug-likeness (QED) is 0.877. The van der Waals surface area contributed by atoms with Gasteiger partial charge in [-0.25, -0.2) is 4.98 Å². The Bertz CT molecular complexity index is 577. The number of nitrogens with zero attached hydrogens (tertiary/aromatic N) is 5. The minimum absolute atomic E-state index is 0.204. The third-order valence-electron chi connectivity index (χ3n) is 3.30. The molecule has 3 rings (SSSR count). The summed E-state index contributed by atoms with van der Waals surface area (Å²) in [6.07, 6.45) is 7.55. The van der Waals surface area contributed by atoms with Crippen LogP contribution >= 0.6 is 11.8 Å². The average Bonchev–Trinajstić information content (AvgIpc) is 3.08. The van der Waals surface area contributed by atoms with Crippen molar-refractivity contribution in [3.63, 3.8) is 0 Å². The summed E-state index contributed by atoms with van der Waals surface area (Å²) in [5.41, 5.74) is 5.74. The third kappa shape index (κ3) is 2.84. The number of nitrogens with two attached hydrogens (primary N) is 1. The predicted octanol–water partition coefficient (Wildman–Crippen LogP) is 1.34. The summed E-state index contributed by atoms with van der Waals surface area (Å²) in [6, 6.07) is 0. The van der Waals surface area contributed by atoms with Crippen LogP contribution in [0.2, 0.25) is 0 Å². The van der Waals surface area contributed by atoms with E-state index < -0.39 is 0 Å². The van der Waals surface area contributed by atoms with E-state index in [2.05, 4.69) is 32.2 Å². The fraction of sp³-hybridized carbons (Fsp3) is 0.500. The van der Waals surface area contributed by atoms with E-state index in [0.717, 1.165) is 6.54 Å². The second kappa shape index (κ2) is 5.28. The topological polar surface area (TPSA) is 94.5 Å². The molecule has 2 aromatic rings. The normalized spacial score (nSPS) is 22.1. The summed E-state index contributed by atoms with van der Waals surface area (Å²) < 4.78 is 1.95. The molecule has 0 spiro atoms. The lowest BCUT2D eigenvalue weighted by atomic mass is 10.1. The molecule has 0 saturated carbocycles. The Balaban J connectivity index is 1.76. The monoisotopic (exact) mass is 291 g/mol. The van der Waals surface area contributed by atoms with Crippen molar-refractivity contribution in [2.24, 2.45) is 0 Å². The highest BCUT2D eigenvalue weighted by molar-refractivity contribution is 8.00. The van der Waals surface area contributed by atoms with Crippen molar-refractivity contribution in [3.05, 3.63) is 18.7 Å². The Morgan fingerprint density at radius 1 is 1.45 bits per heavy atom. The Labute approximate surface area is 121 Å². The fourth-order valence-corrected chi connectivity index (χ4v) is 3.44. The maximum absolute atomic E-state index is 5.74. The number of rotatable bonds is 4. The summed E-state index contributed by atoms with van der Waals surface area (Å²) in [4.78, 5) is 16.6. The predicted molar refractivity (Wildman–Crippen MR) is 79.9 cm³/mol. The van der Waals surface area contributed by atoms with Crippen molar-refractivity contribution in [1.82, 2.24) is 24.5 Å². The van der Waals surface area contributed by atoms with E-state index in [1.165, 1.54) is 18.6 Å². The third-order valence-corrected chi connectivity index (χ3v) is 4.84. The van der Waals surface area contributed by atoms with Gasteiger partial charge in [0.1, 0.15) is 6.33 Å². The first kappa shape index (κ1) is 13.2. The van der Waals surface area contributed by atoms with Gasteiger partial charge in [0.05, 0.1) is 0 Å². The number of imidazole rings is 1. The summed E-state index contributed by atoms with van der Waals surface area (Å²) >= 11 is 1.99. The van der Waals surface area contributed by atoms with E-state index in [4.69, 9.17) is 5.73 Å². The molecular formula is C12H17N7S. The maximum atomic E-state index is 5.74. The van der Waals surface area contributed by atoms with Gasteiger partial charge in [0.25, 0.3) is 0 Å². The summed E-state index contributed by atoms with van der Waals surface area (Å²) in [5.74, 6) is 2.41. The zero-order valence-corrected chi connectivity index (χ0v) is 12.1. The SMILES string of the molecule is CC1(CNc2nc(N)nc(-n3ccnc3)n2)CCCS1. The van der Waals surface area contributed by atoms with E-state index >= 15 is 0 Å². The van der Waals surface area contributed by atoms with Crippen LogP contribution in [0.4, 0.5) is 11.9 Å². The van der Waals surface area contributed by atoms with Crippen molar-refractivity contribution in [2.45, 2.75) is 24.5 Å². The first-order valence-electron chi connectivity index (χ1n) is 6.52. The molecule has 0 amide bonds. The minimum atomic E-state index is 0.204. The van der Waals surface area contributed by atoms with Gasteiger partial charge in [-0.15, -0.1) is 0 Å². The number of nitrogens with one attached hydrogen (secondary N) is 1. The highest BCUT2D eigenvalue weighted by Gasteiger charge is 2.29. The van der Waals surface area contributed by atoms with Crippen LogP contribution < -0.4 is 11.1 Å². The van der Waals surface area contributed by atoms with Crippen LogP contribution in [0.1, 0.15) is 19.8 Å². The summed E-state index contributed by atoms with van der Waals surface area (Å²) in [5, 5.41) is 3.27. The van der Waals surface area contributed by atoms with Crippen molar-refractivity contribution >= 4 is 23.7 Å². The van der Waals surface area contributed by atoms with Gasteiger partial charge in [-0.2, -0.15) is 26.7 Å². The molecule has 3 N–H and O–H groups in total. The van der Waals surface area contributed by atoms with Crippen molar-refractivity contribution in [2.75, 3.05) is 23.3 Å². The van der Waals surface area contributed by atoms with Gasteiger partial charge in [-0.1, -0.05) is 0 Å². The molecule has 0 bridgehead atoms. The molecule has 1 aliphatic rings. The molecule has 1 saturated heterocycles. The van der Waals surface area contributed by atoms with Crippen LogP contribution in [-0.2, 0) is 0 Å². The first-order valence-corrected chi connectivity index (χ1v) is 7.51.